The van der Waals surface area contributed by atoms with Crippen LogP contribution in [-0.2, 0) is 9.59 Å². The normalized spacial score (nSPS) is 16.6. The van der Waals surface area contributed by atoms with Gasteiger partial charge in [-0.3, -0.25) is 35.2 Å². The molecule has 0 spiro atoms. The van der Waals surface area contributed by atoms with Crippen molar-refractivity contribution in [2.45, 2.75) is 26.7 Å². The summed E-state index contributed by atoms with van der Waals surface area (Å²) in [5.41, 5.74) is 11.5. The largest absolute Gasteiger partial charge is 0.397 e. The summed E-state index contributed by atoms with van der Waals surface area (Å²) in [7, 11) is 1.74. The first-order valence-corrected chi connectivity index (χ1v) is 15.9. The highest BCUT2D eigenvalue weighted by molar-refractivity contribution is 6.12. The average Bonchev–Trinajstić information content (AvgIpc) is 3.56. The predicted octanol–water partition coefficient (Wildman–Crippen LogP) is 3.35. The van der Waals surface area contributed by atoms with E-state index in [2.05, 4.69) is 31.3 Å². The number of hydrogen-bond acceptors (Lipinski definition) is 8. The second kappa shape index (κ2) is 14.9. The van der Waals surface area contributed by atoms with Crippen LogP contribution in [0.5, 0.6) is 0 Å². The van der Waals surface area contributed by atoms with Gasteiger partial charge in [0, 0.05) is 56.2 Å². The van der Waals surface area contributed by atoms with Crippen molar-refractivity contribution < 1.29 is 9.59 Å². The van der Waals surface area contributed by atoms with Crippen LogP contribution in [0.25, 0.3) is 5.57 Å². The van der Waals surface area contributed by atoms with Crippen molar-refractivity contribution in [2.24, 2.45) is 10.9 Å². The van der Waals surface area contributed by atoms with Crippen LogP contribution in [0.3, 0.4) is 0 Å². The maximum absolute atomic E-state index is 13.7. The van der Waals surface area contributed by atoms with E-state index in [0.717, 1.165) is 23.2 Å². The number of nitrogens with zero attached hydrogens (tertiary/aromatic N) is 6. The summed E-state index contributed by atoms with van der Waals surface area (Å²) >= 11 is 0. The number of anilines is 2. The Morgan fingerprint density at radius 1 is 1.11 bits per heavy atom. The topological polar surface area (TPSA) is 168 Å². The minimum absolute atomic E-state index is 0.0465. The molecule has 12 heteroatoms. The van der Waals surface area contributed by atoms with Crippen LogP contribution in [0.2, 0.25) is 0 Å². The maximum atomic E-state index is 13.7. The monoisotopic (exact) mass is 634 g/mol. The highest BCUT2D eigenvalue weighted by Gasteiger charge is 2.34. The second-order valence-electron chi connectivity index (χ2n) is 11.8. The van der Waals surface area contributed by atoms with E-state index in [1.54, 1.807) is 30.3 Å². The molecule has 3 aromatic rings. The standard InChI is InChI=1S/C35H42N10O2/c1-4-45(30-12-11-29(36)33(42-30)32(37)27-6-5-23(2)40-19-27)35(47)28-13-16-43(20-28)21-31(46)44-17-14-25(15-18-44)24-7-9-26(10-8-24)34(38)41-22-39-3/h5-12,14,19,22,28,37H,4,13,15-18,20-21,36H2,1-3H3,(H2,38,39,41)/t28-/m1/s1. The number of aromatic nitrogens is 2. The van der Waals surface area contributed by atoms with Crippen LogP contribution in [0.1, 0.15) is 47.8 Å². The van der Waals surface area contributed by atoms with Crippen LogP contribution >= 0.6 is 0 Å². The Kier molecular flexibility index (Phi) is 10.5. The third-order valence-electron chi connectivity index (χ3n) is 8.60. The van der Waals surface area contributed by atoms with E-state index in [-0.39, 0.29) is 35.8 Å². The number of hydrogen-bond donors (Lipinski definition) is 4. The molecule has 2 aromatic heterocycles. The number of benzene rings is 1. The molecule has 0 unspecified atom stereocenters. The molecule has 2 aliphatic rings. The minimum atomic E-state index is -0.257. The van der Waals surface area contributed by atoms with Crippen molar-refractivity contribution >= 4 is 46.8 Å². The number of amides is 2. The predicted molar refractivity (Wildman–Crippen MR) is 186 cm³/mol. The molecule has 1 aromatic carbocycles. The van der Waals surface area contributed by atoms with Crippen molar-refractivity contribution in [2.75, 3.05) is 56.9 Å². The summed E-state index contributed by atoms with van der Waals surface area (Å²) in [4.78, 5) is 45.5. The Bertz CT molecular complexity index is 1700. The number of rotatable bonds is 10. The molecular formula is C35H42N10O2. The van der Waals surface area contributed by atoms with Gasteiger partial charge < -0.3 is 16.0 Å². The second-order valence-corrected chi connectivity index (χ2v) is 11.8. The van der Waals surface area contributed by atoms with Gasteiger partial charge in [-0.15, -0.1) is 0 Å². The molecule has 244 valence electrons. The smallest absolute Gasteiger partial charge is 0.237 e. The molecule has 0 bridgehead atoms. The van der Waals surface area contributed by atoms with Gasteiger partial charge >= 0.3 is 0 Å². The Labute approximate surface area is 275 Å². The third kappa shape index (κ3) is 7.78. The Morgan fingerprint density at radius 3 is 2.53 bits per heavy atom. The lowest BCUT2D eigenvalue weighted by Gasteiger charge is -2.29. The quantitative estimate of drug-likeness (QED) is 0.196. The van der Waals surface area contributed by atoms with E-state index in [9.17, 15) is 9.59 Å². The molecule has 5 N–H and O–H groups in total. The number of carbonyl (C=O) groups is 2. The van der Waals surface area contributed by atoms with Crippen LogP contribution in [-0.4, -0.2) is 95.8 Å². The maximum Gasteiger partial charge on any atom is 0.237 e. The first kappa shape index (κ1) is 33.1. The molecule has 47 heavy (non-hydrogen) atoms. The van der Waals surface area contributed by atoms with Crippen molar-refractivity contribution in [1.29, 1.82) is 10.8 Å². The minimum Gasteiger partial charge on any atom is -0.397 e. The van der Waals surface area contributed by atoms with Gasteiger partial charge in [-0.1, -0.05) is 30.3 Å². The molecule has 2 amide bonds. The first-order chi connectivity index (χ1) is 22.7. The van der Waals surface area contributed by atoms with Crippen LogP contribution < -0.4 is 16.0 Å². The van der Waals surface area contributed by atoms with E-state index in [0.29, 0.717) is 61.9 Å². The number of pyridine rings is 2. The average molecular weight is 635 g/mol. The summed E-state index contributed by atoms with van der Waals surface area (Å²) in [5.74, 6) is 0.396. The number of aryl methyl sites for hydroxylation is 1. The lowest BCUT2D eigenvalue weighted by molar-refractivity contribution is -0.132. The Morgan fingerprint density at radius 2 is 1.87 bits per heavy atom. The molecular weight excluding hydrogens is 592 g/mol. The number of nitrogens with one attached hydrogen (secondary N) is 3. The fraction of sp³-hybridized carbons (Fsp3) is 0.343. The van der Waals surface area contributed by atoms with Crippen molar-refractivity contribution in [3.05, 3.63) is 88.9 Å². The van der Waals surface area contributed by atoms with Crippen LogP contribution in [0.15, 0.2) is 65.8 Å². The summed E-state index contributed by atoms with van der Waals surface area (Å²) in [6.45, 7) is 6.81. The number of carbonyl (C=O) groups excluding carboxylic acids is 2. The van der Waals surface area contributed by atoms with E-state index in [1.165, 1.54) is 11.9 Å². The van der Waals surface area contributed by atoms with Gasteiger partial charge in [0.25, 0.3) is 0 Å². The van der Waals surface area contributed by atoms with E-state index >= 15 is 0 Å². The lowest BCUT2D eigenvalue weighted by atomic mass is 9.98. The van der Waals surface area contributed by atoms with E-state index in [4.69, 9.17) is 16.6 Å². The molecule has 0 saturated carbocycles. The zero-order valence-electron chi connectivity index (χ0n) is 27.2. The number of nitrogen functional groups attached to an aromatic ring is 1. The Hall–Kier alpha value is -5.23. The number of nitrogens with two attached hydrogens (primary N) is 1. The molecule has 1 saturated heterocycles. The number of amidine groups is 1. The Balaban J connectivity index is 1.16. The van der Waals surface area contributed by atoms with Crippen LogP contribution in [0, 0.1) is 23.7 Å². The van der Waals surface area contributed by atoms with Gasteiger partial charge in [-0.25, -0.2) is 9.98 Å². The SMILES string of the molecule is CCN(C(=O)[C@@H]1CCN(CC(=O)N2CC=C(c3ccc(C(=N)/N=C\NC)cc3)CC2)C1)c1ccc(N)c(C(=N)c2ccc(C)nc2)n1. The molecule has 0 radical (unpaired) electrons. The fourth-order valence-corrected chi connectivity index (χ4v) is 5.89. The number of likely N-dealkylation sites (tertiary alicyclic amines) is 1. The summed E-state index contributed by atoms with van der Waals surface area (Å²) < 4.78 is 0. The zero-order valence-corrected chi connectivity index (χ0v) is 27.2. The molecule has 4 heterocycles. The van der Waals surface area contributed by atoms with Gasteiger partial charge in [0.15, 0.2) is 5.84 Å². The molecule has 2 aliphatic heterocycles. The third-order valence-corrected chi connectivity index (χ3v) is 8.60. The molecule has 0 aliphatic carbocycles. The highest BCUT2D eigenvalue weighted by atomic mass is 16.2. The fourth-order valence-electron chi connectivity index (χ4n) is 5.89. The van der Waals surface area contributed by atoms with Gasteiger partial charge in [-0.2, -0.15) is 0 Å². The van der Waals surface area contributed by atoms with Crippen molar-refractivity contribution in [1.82, 2.24) is 25.1 Å². The van der Waals surface area contributed by atoms with Crippen LogP contribution in [0.4, 0.5) is 11.5 Å². The van der Waals surface area contributed by atoms with Gasteiger partial charge in [-0.05, 0) is 68.6 Å². The molecule has 12 nitrogen and oxygen atoms in total. The van der Waals surface area contributed by atoms with E-state index < -0.39 is 0 Å². The van der Waals surface area contributed by atoms with Crippen molar-refractivity contribution in [3.8, 4) is 0 Å². The van der Waals surface area contributed by atoms with E-state index in [1.807, 2.05) is 55.1 Å². The van der Waals surface area contributed by atoms with Gasteiger partial charge in [0.1, 0.15) is 11.5 Å². The van der Waals surface area contributed by atoms with Gasteiger partial charge in [0.2, 0.25) is 11.8 Å². The highest BCUT2D eigenvalue weighted by Crippen LogP contribution is 2.26. The lowest BCUT2D eigenvalue weighted by Crippen LogP contribution is -2.42. The van der Waals surface area contributed by atoms with Gasteiger partial charge in [0.05, 0.1) is 30.2 Å². The summed E-state index contributed by atoms with van der Waals surface area (Å²) in [6, 6.07) is 14.8. The first-order valence-electron chi connectivity index (χ1n) is 15.9. The molecule has 5 rings (SSSR count). The number of aliphatic imine (C=N–C) groups is 1. The summed E-state index contributed by atoms with van der Waals surface area (Å²) in [6.07, 6.45) is 6.62. The summed E-state index contributed by atoms with van der Waals surface area (Å²) in [5, 5.41) is 19.5. The molecule has 1 atom stereocenters. The zero-order chi connectivity index (χ0) is 33.5. The van der Waals surface area contributed by atoms with Crippen molar-refractivity contribution in [3.63, 3.8) is 0 Å². The molecule has 1 fully saturated rings.